The van der Waals surface area contributed by atoms with Crippen LogP contribution in [-0.4, -0.2) is 37.9 Å². The van der Waals surface area contributed by atoms with Crippen LogP contribution in [0.5, 0.6) is 5.75 Å². The van der Waals surface area contributed by atoms with Crippen LogP contribution < -0.4 is 10.6 Å². The average Bonchev–Trinajstić information content (AvgIpc) is 3.25. The van der Waals surface area contributed by atoms with E-state index >= 15 is 0 Å². The molecular formula is C20H21F3N6O. The molecule has 30 heavy (non-hydrogen) atoms. The molecule has 0 radical (unpaired) electrons. The number of nitrogens with zero attached hydrogens (tertiary/aromatic N) is 4. The number of hydrogen-bond donors (Lipinski definition) is 3. The van der Waals surface area contributed by atoms with E-state index in [1.807, 2.05) is 18.2 Å². The van der Waals surface area contributed by atoms with E-state index in [-0.39, 0.29) is 23.5 Å². The third kappa shape index (κ3) is 4.29. The number of halogens is 3. The molecule has 3 N–H and O–H groups in total. The van der Waals surface area contributed by atoms with E-state index in [1.54, 1.807) is 0 Å². The van der Waals surface area contributed by atoms with Crippen molar-refractivity contribution < 1.29 is 18.3 Å². The third-order valence-electron chi connectivity index (χ3n) is 5.20. The summed E-state index contributed by atoms with van der Waals surface area (Å²) in [5.41, 5.74) is 1.76. The van der Waals surface area contributed by atoms with Gasteiger partial charge >= 0.3 is 6.18 Å². The monoisotopic (exact) mass is 418 g/mol. The van der Waals surface area contributed by atoms with Crippen molar-refractivity contribution in [3.8, 4) is 11.4 Å². The summed E-state index contributed by atoms with van der Waals surface area (Å²) < 4.78 is 40.0. The summed E-state index contributed by atoms with van der Waals surface area (Å²) in [6.45, 7) is 1.21. The number of rotatable bonds is 5. The van der Waals surface area contributed by atoms with Crippen molar-refractivity contribution >= 4 is 0 Å². The molecule has 0 saturated carbocycles. The number of aromatic nitrogens is 4. The summed E-state index contributed by atoms with van der Waals surface area (Å²) >= 11 is 0. The van der Waals surface area contributed by atoms with Crippen molar-refractivity contribution in [1.82, 2.24) is 30.8 Å². The summed E-state index contributed by atoms with van der Waals surface area (Å²) in [5, 5.41) is 26.8. The Morgan fingerprint density at radius 2 is 1.97 bits per heavy atom. The molecule has 3 aromatic rings. The van der Waals surface area contributed by atoms with Gasteiger partial charge in [-0.05, 0) is 53.6 Å². The Bertz CT molecular complexity index is 992. The van der Waals surface area contributed by atoms with Crippen LogP contribution in [-0.2, 0) is 12.7 Å². The molecule has 10 heteroatoms. The van der Waals surface area contributed by atoms with Crippen LogP contribution in [0.4, 0.5) is 13.2 Å². The lowest BCUT2D eigenvalue weighted by Crippen LogP contribution is -2.45. The van der Waals surface area contributed by atoms with Gasteiger partial charge in [-0.3, -0.25) is 0 Å². The first-order valence-corrected chi connectivity index (χ1v) is 9.63. The predicted molar refractivity (Wildman–Crippen MR) is 103 cm³/mol. The molecular weight excluding hydrogens is 397 g/mol. The van der Waals surface area contributed by atoms with Gasteiger partial charge in [0.25, 0.3) is 5.82 Å². The van der Waals surface area contributed by atoms with E-state index in [0.717, 1.165) is 24.9 Å². The molecule has 0 bridgehead atoms. The smallest absolute Gasteiger partial charge is 0.453 e. The molecule has 0 amide bonds. The first-order valence-electron chi connectivity index (χ1n) is 9.63. The molecule has 2 heterocycles. The summed E-state index contributed by atoms with van der Waals surface area (Å²) in [5.74, 6) is -1.22. The second-order valence-corrected chi connectivity index (χ2v) is 7.20. The molecule has 158 valence electrons. The topological polar surface area (TPSA) is 87.9 Å². The van der Waals surface area contributed by atoms with E-state index in [0.29, 0.717) is 16.8 Å². The largest absolute Gasteiger partial charge is 0.508 e. The first-order chi connectivity index (χ1) is 14.4. The van der Waals surface area contributed by atoms with Gasteiger partial charge in [0, 0.05) is 24.2 Å². The van der Waals surface area contributed by atoms with Crippen LogP contribution >= 0.6 is 0 Å². The van der Waals surface area contributed by atoms with E-state index < -0.39 is 12.0 Å². The van der Waals surface area contributed by atoms with E-state index in [1.165, 1.54) is 18.2 Å². The highest BCUT2D eigenvalue weighted by molar-refractivity contribution is 5.43. The Morgan fingerprint density at radius 1 is 1.17 bits per heavy atom. The minimum Gasteiger partial charge on any atom is -0.508 e. The van der Waals surface area contributed by atoms with Gasteiger partial charge in [-0.1, -0.05) is 30.3 Å². The summed E-state index contributed by atoms with van der Waals surface area (Å²) in [4.78, 5) is 0. The molecule has 1 aliphatic rings. The molecule has 2 aromatic carbocycles. The Hall–Kier alpha value is -2.98. The Labute approximate surface area is 170 Å². The summed E-state index contributed by atoms with van der Waals surface area (Å²) in [6.07, 6.45) is -2.73. The summed E-state index contributed by atoms with van der Waals surface area (Å²) in [6, 6.07) is 14.4. The number of piperidine rings is 1. The zero-order valence-corrected chi connectivity index (χ0v) is 16.0. The van der Waals surface area contributed by atoms with E-state index in [2.05, 4.69) is 38.3 Å². The van der Waals surface area contributed by atoms with Gasteiger partial charge in [0.2, 0.25) is 0 Å². The maximum atomic E-state index is 13.1. The van der Waals surface area contributed by atoms with Crippen LogP contribution in [0, 0.1) is 0 Å². The zero-order valence-electron chi connectivity index (χ0n) is 16.0. The highest BCUT2D eigenvalue weighted by Gasteiger charge is 2.38. The molecule has 4 rings (SSSR count). The highest BCUT2D eigenvalue weighted by atomic mass is 19.4. The van der Waals surface area contributed by atoms with Gasteiger partial charge in [0.15, 0.2) is 0 Å². The second kappa shape index (κ2) is 8.41. The molecule has 1 saturated heterocycles. The standard InChI is InChI=1S/C20H21F3N6O/c21-20(22,23)19-26-27-28-29(19)15-8-9-17(30)14(11-15)12-25-16-7-4-10-24-18(16)13-5-2-1-3-6-13/h1-3,5-6,8-9,11,16,18,24-25,30H,4,7,10,12H2/t16?,18-/m0/s1. The molecule has 1 aromatic heterocycles. The average molecular weight is 418 g/mol. The molecule has 7 nitrogen and oxygen atoms in total. The van der Waals surface area contributed by atoms with Crippen LogP contribution in [0.1, 0.15) is 35.8 Å². The Kier molecular flexibility index (Phi) is 5.69. The Balaban J connectivity index is 1.54. The number of alkyl halides is 3. The predicted octanol–water partition coefficient (Wildman–Crippen LogP) is 2.97. The first kappa shape index (κ1) is 20.3. The minimum absolute atomic E-state index is 0.00656. The Morgan fingerprint density at radius 3 is 2.73 bits per heavy atom. The van der Waals surface area contributed by atoms with Gasteiger partial charge in [-0.2, -0.15) is 17.9 Å². The fraction of sp³-hybridized carbons (Fsp3) is 0.350. The van der Waals surface area contributed by atoms with Gasteiger partial charge in [-0.15, -0.1) is 5.10 Å². The number of benzene rings is 2. The normalized spacial score (nSPS) is 19.7. The lowest BCUT2D eigenvalue weighted by Gasteiger charge is -2.34. The van der Waals surface area contributed by atoms with Gasteiger partial charge < -0.3 is 15.7 Å². The lowest BCUT2D eigenvalue weighted by molar-refractivity contribution is -0.146. The van der Waals surface area contributed by atoms with Gasteiger partial charge in [0.1, 0.15) is 5.75 Å². The van der Waals surface area contributed by atoms with Crippen LogP contribution in [0.3, 0.4) is 0 Å². The number of nitrogens with one attached hydrogen (secondary N) is 2. The molecule has 0 aliphatic carbocycles. The van der Waals surface area contributed by atoms with Crippen molar-refractivity contribution in [1.29, 1.82) is 0 Å². The number of hydrogen-bond acceptors (Lipinski definition) is 6. The number of tetrazole rings is 1. The zero-order chi connectivity index (χ0) is 21.1. The molecule has 0 spiro atoms. The second-order valence-electron chi connectivity index (χ2n) is 7.20. The van der Waals surface area contributed by atoms with E-state index in [9.17, 15) is 18.3 Å². The third-order valence-corrected chi connectivity index (χ3v) is 5.20. The molecule has 2 atom stereocenters. The molecule has 1 fully saturated rings. The molecule has 1 aliphatic heterocycles. The lowest BCUT2D eigenvalue weighted by atomic mass is 9.92. The van der Waals surface area contributed by atoms with Crippen LogP contribution in [0.15, 0.2) is 48.5 Å². The quantitative estimate of drug-likeness (QED) is 0.591. The SMILES string of the molecule is Oc1ccc(-n2nnnc2C(F)(F)F)cc1CNC1CCCN[C@H]1c1ccccc1. The van der Waals surface area contributed by atoms with Gasteiger partial charge in [0.05, 0.1) is 5.69 Å². The van der Waals surface area contributed by atoms with Gasteiger partial charge in [-0.25, -0.2) is 0 Å². The fourth-order valence-corrected chi connectivity index (χ4v) is 3.74. The maximum Gasteiger partial charge on any atom is 0.453 e. The number of aromatic hydroxyl groups is 1. The van der Waals surface area contributed by atoms with Crippen LogP contribution in [0.25, 0.3) is 5.69 Å². The maximum absolute atomic E-state index is 13.1. The molecule has 1 unspecified atom stereocenters. The number of phenols is 1. The van der Waals surface area contributed by atoms with Crippen molar-refractivity contribution in [3.63, 3.8) is 0 Å². The van der Waals surface area contributed by atoms with Crippen LogP contribution in [0.2, 0.25) is 0 Å². The van der Waals surface area contributed by atoms with E-state index in [4.69, 9.17) is 0 Å². The summed E-state index contributed by atoms with van der Waals surface area (Å²) in [7, 11) is 0. The van der Waals surface area contributed by atoms with Crippen molar-refractivity contribution in [2.24, 2.45) is 0 Å². The van der Waals surface area contributed by atoms with Crippen molar-refractivity contribution in [2.45, 2.75) is 37.6 Å². The highest BCUT2D eigenvalue weighted by Crippen LogP contribution is 2.30. The number of phenolic OH excluding ortho intramolecular Hbond substituents is 1. The van der Waals surface area contributed by atoms with Crippen molar-refractivity contribution in [3.05, 3.63) is 65.5 Å². The minimum atomic E-state index is -4.68. The van der Waals surface area contributed by atoms with Crippen molar-refractivity contribution in [2.75, 3.05) is 6.54 Å². The fourth-order valence-electron chi connectivity index (χ4n) is 3.74.